The Morgan fingerprint density at radius 2 is 1.81 bits per heavy atom. The lowest BCUT2D eigenvalue weighted by Gasteiger charge is -2.27. The van der Waals surface area contributed by atoms with Gasteiger partial charge in [-0.1, -0.05) is 24.3 Å². The molecule has 2 aromatic carbocycles. The summed E-state index contributed by atoms with van der Waals surface area (Å²) in [5, 5.41) is 0.497. The third kappa shape index (κ3) is 3.67. The average molecular weight is 436 g/mol. The third-order valence-electron chi connectivity index (χ3n) is 6.43. The fourth-order valence-corrected chi connectivity index (χ4v) is 4.74. The summed E-state index contributed by atoms with van der Waals surface area (Å²) in [6, 6.07) is 14.2. The summed E-state index contributed by atoms with van der Waals surface area (Å²) in [7, 11) is 1.62. The second-order valence-electron chi connectivity index (χ2n) is 8.31. The molecule has 2 aliphatic heterocycles. The van der Waals surface area contributed by atoms with E-state index in [9.17, 15) is 9.59 Å². The van der Waals surface area contributed by atoms with E-state index in [0.29, 0.717) is 23.1 Å². The SMILES string of the molecule is COc1ccc([C@@H]2c3c(oc4ccccc4c3=O)C(=O)N2CCC[NH+]2CCOCC2)cc1. The van der Waals surface area contributed by atoms with Gasteiger partial charge in [0.2, 0.25) is 5.76 Å². The molecule has 0 radical (unpaired) electrons. The maximum absolute atomic E-state index is 13.5. The van der Waals surface area contributed by atoms with Crippen LogP contribution < -0.4 is 15.1 Å². The number of methoxy groups -OCH3 is 1. The number of carbonyl (C=O) groups excluding carboxylic acids is 1. The number of morpholine rings is 1. The van der Waals surface area contributed by atoms with Crippen LogP contribution in [-0.4, -0.2) is 57.3 Å². The molecular weight excluding hydrogens is 408 g/mol. The zero-order valence-electron chi connectivity index (χ0n) is 18.1. The van der Waals surface area contributed by atoms with Crippen LogP contribution in [-0.2, 0) is 4.74 Å². The van der Waals surface area contributed by atoms with Crippen LogP contribution in [0.25, 0.3) is 11.0 Å². The van der Waals surface area contributed by atoms with Crippen LogP contribution in [0.3, 0.4) is 0 Å². The van der Waals surface area contributed by atoms with Gasteiger partial charge in [-0.25, -0.2) is 0 Å². The molecule has 1 N–H and O–H groups in total. The first-order valence-corrected chi connectivity index (χ1v) is 11.1. The highest BCUT2D eigenvalue weighted by atomic mass is 16.5. The number of hydrogen-bond acceptors (Lipinski definition) is 5. The predicted molar refractivity (Wildman–Crippen MR) is 119 cm³/mol. The highest BCUT2D eigenvalue weighted by Crippen LogP contribution is 2.38. The van der Waals surface area contributed by atoms with E-state index in [1.807, 2.05) is 30.3 Å². The van der Waals surface area contributed by atoms with Crippen LogP contribution in [0.5, 0.6) is 5.75 Å². The Morgan fingerprint density at radius 3 is 2.56 bits per heavy atom. The van der Waals surface area contributed by atoms with Crippen molar-refractivity contribution in [2.24, 2.45) is 0 Å². The number of carbonyl (C=O) groups is 1. The second-order valence-corrected chi connectivity index (χ2v) is 8.31. The Kier molecular flexibility index (Phi) is 5.68. The maximum Gasteiger partial charge on any atom is 0.290 e. The smallest absolute Gasteiger partial charge is 0.290 e. The molecule has 0 saturated carbocycles. The van der Waals surface area contributed by atoms with Crippen LogP contribution in [0, 0.1) is 0 Å². The number of hydrogen-bond donors (Lipinski definition) is 1. The summed E-state index contributed by atoms with van der Waals surface area (Å²) >= 11 is 0. The summed E-state index contributed by atoms with van der Waals surface area (Å²) in [6.07, 6.45) is 0.843. The molecule has 32 heavy (non-hydrogen) atoms. The monoisotopic (exact) mass is 435 g/mol. The fourth-order valence-electron chi connectivity index (χ4n) is 4.74. The van der Waals surface area contributed by atoms with Crippen molar-refractivity contribution >= 4 is 16.9 Å². The van der Waals surface area contributed by atoms with Crippen molar-refractivity contribution < 1.29 is 23.6 Å². The Morgan fingerprint density at radius 1 is 1.06 bits per heavy atom. The second kappa shape index (κ2) is 8.76. The molecule has 1 fully saturated rings. The van der Waals surface area contributed by atoms with Crippen molar-refractivity contribution in [3.05, 3.63) is 75.6 Å². The molecular formula is C25H27N2O5+. The number of amides is 1. The van der Waals surface area contributed by atoms with E-state index in [2.05, 4.69) is 0 Å². The number of rotatable bonds is 6. The maximum atomic E-state index is 13.5. The molecule has 0 bridgehead atoms. The highest BCUT2D eigenvalue weighted by molar-refractivity contribution is 5.99. The van der Waals surface area contributed by atoms with E-state index >= 15 is 0 Å². The van der Waals surface area contributed by atoms with Crippen molar-refractivity contribution in [2.75, 3.05) is 46.5 Å². The zero-order chi connectivity index (χ0) is 22.1. The predicted octanol–water partition coefficient (Wildman–Crippen LogP) is 1.65. The minimum Gasteiger partial charge on any atom is -0.497 e. The van der Waals surface area contributed by atoms with Gasteiger partial charge in [0.1, 0.15) is 24.4 Å². The number of quaternary nitrogens is 1. The Bertz CT molecular complexity index is 1180. The average Bonchev–Trinajstić information content (AvgIpc) is 3.12. The van der Waals surface area contributed by atoms with E-state index in [4.69, 9.17) is 13.9 Å². The summed E-state index contributed by atoms with van der Waals surface area (Å²) in [5.41, 5.74) is 1.60. The summed E-state index contributed by atoms with van der Waals surface area (Å²) in [6.45, 7) is 5.05. The number of para-hydroxylation sites is 1. The largest absolute Gasteiger partial charge is 0.497 e. The van der Waals surface area contributed by atoms with Crippen LogP contribution in [0.1, 0.15) is 34.1 Å². The van der Waals surface area contributed by atoms with E-state index in [-0.39, 0.29) is 17.1 Å². The molecule has 166 valence electrons. The van der Waals surface area contributed by atoms with Crippen LogP contribution >= 0.6 is 0 Å². The van der Waals surface area contributed by atoms with E-state index in [1.165, 1.54) is 4.90 Å². The lowest BCUT2D eigenvalue weighted by Crippen LogP contribution is -3.14. The van der Waals surface area contributed by atoms with Crippen LogP contribution in [0.15, 0.2) is 57.7 Å². The highest BCUT2D eigenvalue weighted by Gasteiger charge is 2.42. The number of nitrogens with zero attached hydrogens (tertiary/aromatic N) is 1. The fraction of sp³-hybridized carbons (Fsp3) is 0.360. The van der Waals surface area contributed by atoms with Crippen LogP contribution in [0.2, 0.25) is 0 Å². The summed E-state index contributed by atoms with van der Waals surface area (Å²) in [4.78, 5) is 30.2. The Hall–Kier alpha value is -3.16. The topological polar surface area (TPSA) is 73.4 Å². The number of benzene rings is 2. The first kappa shape index (κ1) is 20.7. The molecule has 1 saturated heterocycles. The quantitative estimate of drug-likeness (QED) is 0.638. The van der Waals surface area contributed by atoms with Gasteiger partial charge in [0.15, 0.2) is 5.43 Å². The zero-order valence-corrected chi connectivity index (χ0v) is 18.1. The van der Waals surface area contributed by atoms with Crippen molar-refractivity contribution in [2.45, 2.75) is 12.5 Å². The molecule has 1 atom stereocenters. The van der Waals surface area contributed by atoms with Crippen molar-refractivity contribution in [3.8, 4) is 5.75 Å². The van der Waals surface area contributed by atoms with E-state index < -0.39 is 6.04 Å². The first-order valence-electron chi connectivity index (χ1n) is 11.1. The van der Waals surface area contributed by atoms with Gasteiger partial charge in [-0.15, -0.1) is 0 Å². The first-order chi connectivity index (χ1) is 15.7. The molecule has 0 unspecified atom stereocenters. The minimum absolute atomic E-state index is 0.141. The molecule has 1 amide bonds. The van der Waals surface area contributed by atoms with Gasteiger partial charge >= 0.3 is 0 Å². The van der Waals surface area contributed by atoms with Crippen molar-refractivity contribution in [1.29, 1.82) is 0 Å². The molecule has 0 aliphatic carbocycles. The Balaban J connectivity index is 1.51. The molecule has 2 aliphatic rings. The molecule has 3 heterocycles. The number of nitrogens with one attached hydrogen (secondary N) is 1. The molecule has 7 heteroatoms. The van der Waals surface area contributed by atoms with E-state index in [0.717, 1.165) is 50.6 Å². The molecule has 0 spiro atoms. The van der Waals surface area contributed by atoms with Gasteiger partial charge in [-0.3, -0.25) is 9.59 Å². The number of fused-ring (bicyclic) bond motifs is 2. The lowest BCUT2D eigenvalue weighted by molar-refractivity contribution is -0.908. The lowest BCUT2D eigenvalue weighted by atomic mass is 9.98. The number of ether oxygens (including phenoxy) is 2. The van der Waals surface area contributed by atoms with Crippen molar-refractivity contribution in [3.63, 3.8) is 0 Å². The van der Waals surface area contributed by atoms with Gasteiger partial charge in [-0.2, -0.15) is 0 Å². The van der Waals surface area contributed by atoms with Gasteiger partial charge in [0, 0.05) is 13.0 Å². The van der Waals surface area contributed by atoms with Gasteiger partial charge in [0.05, 0.1) is 43.9 Å². The third-order valence-corrected chi connectivity index (χ3v) is 6.43. The van der Waals surface area contributed by atoms with Gasteiger partial charge in [0.25, 0.3) is 5.91 Å². The van der Waals surface area contributed by atoms with Crippen LogP contribution in [0.4, 0.5) is 0 Å². The molecule has 5 rings (SSSR count). The summed E-state index contributed by atoms with van der Waals surface area (Å²) in [5.74, 6) is 0.667. The standard InChI is InChI=1S/C25H26N2O5/c1-30-18-9-7-17(8-10-18)22-21-23(28)19-5-2-3-6-20(19)32-24(21)25(29)27(22)12-4-11-26-13-15-31-16-14-26/h2-3,5-10,22H,4,11-16H2,1H3/p+1/t22-/m1/s1. The normalized spacial score (nSPS) is 18.8. The van der Waals surface area contributed by atoms with E-state index in [1.54, 1.807) is 30.2 Å². The molecule has 7 nitrogen and oxygen atoms in total. The summed E-state index contributed by atoms with van der Waals surface area (Å²) < 4.78 is 16.7. The minimum atomic E-state index is -0.469. The molecule has 1 aromatic heterocycles. The van der Waals surface area contributed by atoms with Gasteiger partial charge in [-0.05, 0) is 29.8 Å². The molecule has 3 aromatic rings. The Labute approximate surface area is 186 Å². The van der Waals surface area contributed by atoms with Gasteiger partial charge < -0.3 is 23.7 Å². The van der Waals surface area contributed by atoms with Crippen molar-refractivity contribution in [1.82, 2.24) is 4.90 Å².